The maximum absolute atomic E-state index is 5.49. The minimum Gasteiger partial charge on any atom is -0.377 e. The number of hydrogen-bond donors (Lipinski definition) is 1. The van der Waals surface area contributed by atoms with Crippen LogP contribution >= 0.6 is 0 Å². The summed E-state index contributed by atoms with van der Waals surface area (Å²) in [6.45, 7) is 7.05. The molecule has 0 aliphatic carbocycles. The smallest absolute Gasteiger partial charge is 0.115 e. The van der Waals surface area contributed by atoms with Gasteiger partial charge in [0.25, 0.3) is 0 Å². The van der Waals surface area contributed by atoms with Crippen LogP contribution in [0.1, 0.15) is 32.4 Å². The summed E-state index contributed by atoms with van der Waals surface area (Å²) < 4.78 is 5.49. The van der Waals surface area contributed by atoms with Crippen LogP contribution in [0.4, 0.5) is 0 Å². The van der Waals surface area contributed by atoms with Crippen molar-refractivity contribution in [2.45, 2.75) is 32.4 Å². The van der Waals surface area contributed by atoms with Gasteiger partial charge in [0.15, 0.2) is 0 Å². The first-order chi connectivity index (χ1) is 7.11. The molecule has 0 saturated heterocycles. The van der Waals surface area contributed by atoms with Gasteiger partial charge in [0.2, 0.25) is 0 Å². The zero-order valence-corrected chi connectivity index (χ0v) is 9.82. The quantitative estimate of drug-likeness (QED) is 0.799. The van der Waals surface area contributed by atoms with Crippen LogP contribution in [0.2, 0.25) is 0 Å². The molecular weight excluding hydrogens is 190 g/mol. The van der Waals surface area contributed by atoms with Crippen molar-refractivity contribution in [3.05, 3.63) is 24.3 Å². The van der Waals surface area contributed by atoms with Crippen LogP contribution in [-0.2, 0) is 4.74 Å². The predicted molar refractivity (Wildman–Crippen MR) is 59.5 cm³/mol. The molecule has 1 aromatic rings. The number of hydrogen-bond acceptors (Lipinski definition) is 4. The molecule has 1 atom stereocenters. The van der Waals surface area contributed by atoms with E-state index in [0.717, 1.165) is 12.1 Å². The fraction of sp³-hybridized carbons (Fsp3) is 0.636. The van der Waals surface area contributed by atoms with Crippen LogP contribution in [0, 0.1) is 0 Å². The van der Waals surface area contributed by atoms with Crippen molar-refractivity contribution in [3.63, 3.8) is 0 Å². The Morgan fingerprint density at radius 1 is 1.40 bits per heavy atom. The fourth-order valence-electron chi connectivity index (χ4n) is 1.55. The summed E-state index contributed by atoms with van der Waals surface area (Å²) in [6.07, 6.45) is 5.18. The number of aromatic nitrogens is 2. The molecule has 1 aromatic heterocycles. The summed E-state index contributed by atoms with van der Waals surface area (Å²) in [4.78, 5) is 8.06. The Morgan fingerprint density at radius 2 is 2.00 bits per heavy atom. The van der Waals surface area contributed by atoms with Gasteiger partial charge in [-0.1, -0.05) is 6.92 Å². The Bertz CT molecular complexity index is 287. The largest absolute Gasteiger partial charge is 0.377 e. The van der Waals surface area contributed by atoms with Crippen LogP contribution in [0.5, 0.6) is 0 Å². The molecule has 15 heavy (non-hydrogen) atoms. The summed E-state index contributed by atoms with van der Waals surface area (Å²) in [7, 11) is 1.72. The minimum absolute atomic E-state index is 0.105. The monoisotopic (exact) mass is 209 g/mol. The van der Waals surface area contributed by atoms with E-state index in [-0.39, 0.29) is 11.6 Å². The van der Waals surface area contributed by atoms with E-state index in [1.165, 1.54) is 6.33 Å². The van der Waals surface area contributed by atoms with Crippen LogP contribution in [-0.4, -0.2) is 29.2 Å². The summed E-state index contributed by atoms with van der Waals surface area (Å²) in [5, 5.41) is 3.39. The normalized spacial score (nSPS) is 13.9. The molecular formula is C11H19N3O. The number of likely N-dealkylation sites (N-methyl/N-ethyl adjacent to an activating group) is 1. The van der Waals surface area contributed by atoms with E-state index in [0.29, 0.717) is 0 Å². The summed E-state index contributed by atoms with van der Waals surface area (Å²) in [6, 6.07) is 0.105. The summed E-state index contributed by atoms with van der Waals surface area (Å²) in [5.41, 5.74) is 0.770. The predicted octanol–water partition coefficient (Wildman–Crippen LogP) is 1.55. The zero-order valence-electron chi connectivity index (χ0n) is 9.82. The van der Waals surface area contributed by atoms with Crippen molar-refractivity contribution in [2.24, 2.45) is 0 Å². The van der Waals surface area contributed by atoms with Gasteiger partial charge >= 0.3 is 0 Å². The molecule has 1 heterocycles. The van der Waals surface area contributed by atoms with Crippen molar-refractivity contribution in [2.75, 3.05) is 13.7 Å². The molecule has 0 aliphatic rings. The number of methoxy groups -OCH3 is 1. The van der Waals surface area contributed by atoms with Gasteiger partial charge in [0.1, 0.15) is 6.33 Å². The van der Waals surface area contributed by atoms with Crippen molar-refractivity contribution in [1.29, 1.82) is 0 Å². The van der Waals surface area contributed by atoms with Crippen LogP contribution in [0.15, 0.2) is 18.7 Å². The molecule has 0 spiro atoms. The Hall–Kier alpha value is -1.00. The zero-order chi connectivity index (χ0) is 11.3. The summed E-state index contributed by atoms with van der Waals surface area (Å²) >= 11 is 0. The number of ether oxygens (including phenoxy) is 1. The third kappa shape index (κ3) is 2.97. The Balaban J connectivity index is 2.93. The lowest BCUT2D eigenvalue weighted by molar-refractivity contribution is -0.0108. The van der Waals surface area contributed by atoms with Crippen LogP contribution < -0.4 is 5.32 Å². The molecule has 1 unspecified atom stereocenters. The molecule has 0 fully saturated rings. The van der Waals surface area contributed by atoms with E-state index in [9.17, 15) is 0 Å². The van der Waals surface area contributed by atoms with Gasteiger partial charge in [-0.25, -0.2) is 9.97 Å². The van der Waals surface area contributed by atoms with Crippen molar-refractivity contribution in [3.8, 4) is 0 Å². The SMILES string of the molecule is CCNC(c1cncnc1)C(C)(C)OC. The van der Waals surface area contributed by atoms with Crippen molar-refractivity contribution >= 4 is 0 Å². The van der Waals surface area contributed by atoms with Gasteiger partial charge in [-0.2, -0.15) is 0 Å². The molecule has 0 saturated carbocycles. The Labute approximate surface area is 91.1 Å². The highest BCUT2D eigenvalue weighted by Crippen LogP contribution is 2.27. The molecule has 0 radical (unpaired) electrons. The van der Waals surface area contributed by atoms with Crippen molar-refractivity contribution in [1.82, 2.24) is 15.3 Å². The fourth-order valence-corrected chi connectivity index (χ4v) is 1.55. The second-order valence-corrected chi connectivity index (χ2v) is 3.97. The topological polar surface area (TPSA) is 47.0 Å². The molecule has 0 aliphatic heterocycles. The highest BCUT2D eigenvalue weighted by atomic mass is 16.5. The maximum atomic E-state index is 5.49. The lowest BCUT2D eigenvalue weighted by Crippen LogP contribution is -2.40. The first-order valence-corrected chi connectivity index (χ1v) is 5.15. The van der Waals surface area contributed by atoms with Gasteiger partial charge in [-0.05, 0) is 20.4 Å². The molecule has 1 N–H and O–H groups in total. The van der Waals surface area contributed by atoms with Crippen LogP contribution in [0.25, 0.3) is 0 Å². The molecule has 84 valence electrons. The average Bonchev–Trinajstić information content (AvgIpc) is 2.27. The second-order valence-electron chi connectivity index (χ2n) is 3.97. The van der Waals surface area contributed by atoms with E-state index >= 15 is 0 Å². The number of rotatable bonds is 5. The minimum atomic E-state index is -0.277. The average molecular weight is 209 g/mol. The standard InChI is InChI=1S/C11H19N3O/c1-5-14-10(11(2,3)15-4)9-6-12-8-13-7-9/h6-8,10,14H,5H2,1-4H3. The molecule has 0 bridgehead atoms. The lowest BCUT2D eigenvalue weighted by atomic mass is 9.93. The number of nitrogens with one attached hydrogen (secondary N) is 1. The molecule has 0 amide bonds. The number of nitrogens with zero attached hydrogens (tertiary/aromatic N) is 2. The van der Waals surface area contributed by atoms with E-state index < -0.39 is 0 Å². The maximum Gasteiger partial charge on any atom is 0.115 e. The van der Waals surface area contributed by atoms with Crippen LogP contribution in [0.3, 0.4) is 0 Å². The van der Waals surface area contributed by atoms with E-state index in [2.05, 4.69) is 22.2 Å². The van der Waals surface area contributed by atoms with Gasteiger partial charge in [-0.15, -0.1) is 0 Å². The second kappa shape index (κ2) is 5.19. The Morgan fingerprint density at radius 3 is 2.47 bits per heavy atom. The molecule has 4 heteroatoms. The van der Waals surface area contributed by atoms with Gasteiger partial charge in [0, 0.05) is 25.1 Å². The Kier molecular flexibility index (Phi) is 4.17. The molecule has 4 nitrogen and oxygen atoms in total. The first-order valence-electron chi connectivity index (χ1n) is 5.15. The van der Waals surface area contributed by atoms with Gasteiger partial charge < -0.3 is 10.1 Å². The van der Waals surface area contributed by atoms with Gasteiger partial charge in [0.05, 0.1) is 11.6 Å². The van der Waals surface area contributed by atoms with Crippen molar-refractivity contribution < 1.29 is 4.74 Å². The van der Waals surface area contributed by atoms with E-state index in [1.54, 1.807) is 7.11 Å². The highest BCUT2D eigenvalue weighted by molar-refractivity contribution is 5.13. The molecule has 0 aromatic carbocycles. The first kappa shape index (κ1) is 12.1. The summed E-state index contributed by atoms with van der Waals surface area (Å²) in [5.74, 6) is 0. The van der Waals surface area contributed by atoms with E-state index in [4.69, 9.17) is 4.74 Å². The third-order valence-electron chi connectivity index (χ3n) is 2.54. The highest BCUT2D eigenvalue weighted by Gasteiger charge is 2.30. The van der Waals surface area contributed by atoms with Gasteiger partial charge in [-0.3, -0.25) is 0 Å². The lowest BCUT2D eigenvalue weighted by Gasteiger charge is -2.33. The van der Waals surface area contributed by atoms with E-state index in [1.807, 2.05) is 26.2 Å². The molecule has 1 rings (SSSR count). The third-order valence-corrected chi connectivity index (χ3v) is 2.54.